The first-order chi connectivity index (χ1) is 13.5. The summed E-state index contributed by atoms with van der Waals surface area (Å²) < 4.78 is 13.1. The Labute approximate surface area is 162 Å². The van der Waals surface area contributed by atoms with Crippen LogP contribution in [0.1, 0.15) is 12.8 Å². The van der Waals surface area contributed by atoms with E-state index in [1.165, 1.54) is 24.3 Å². The quantitative estimate of drug-likeness (QED) is 0.609. The number of rotatable bonds is 6. The fourth-order valence-electron chi connectivity index (χ4n) is 3.29. The smallest absolute Gasteiger partial charge is 0.271 e. The maximum Gasteiger partial charge on any atom is 0.271 e. The minimum absolute atomic E-state index is 0.0498. The molecule has 148 valence electrons. The largest absolute Gasteiger partial charge is 0.370 e. The lowest BCUT2D eigenvalue weighted by Gasteiger charge is -2.23. The van der Waals surface area contributed by atoms with Gasteiger partial charge in [-0.1, -0.05) is 6.07 Å². The van der Waals surface area contributed by atoms with E-state index in [1.807, 2.05) is 0 Å². The lowest BCUT2D eigenvalue weighted by atomic mass is 10.2. The fraction of sp³-hybridized carbons (Fsp3) is 0.350. The topological polar surface area (TPSA) is 78.7 Å². The minimum Gasteiger partial charge on any atom is -0.370 e. The van der Waals surface area contributed by atoms with E-state index in [0.29, 0.717) is 18.7 Å². The van der Waals surface area contributed by atoms with Gasteiger partial charge in [-0.15, -0.1) is 0 Å². The third kappa shape index (κ3) is 5.50. The molecule has 1 aliphatic heterocycles. The predicted molar refractivity (Wildman–Crippen MR) is 106 cm³/mol. The average Bonchev–Trinajstić information content (AvgIpc) is 2.93. The van der Waals surface area contributed by atoms with E-state index in [-0.39, 0.29) is 17.4 Å². The van der Waals surface area contributed by atoms with Gasteiger partial charge in [-0.05, 0) is 43.3 Å². The van der Waals surface area contributed by atoms with Crippen LogP contribution in [0.15, 0.2) is 48.5 Å². The molecule has 0 spiro atoms. The van der Waals surface area contributed by atoms with Crippen LogP contribution < -0.4 is 10.2 Å². The molecular weight excluding hydrogens is 363 g/mol. The van der Waals surface area contributed by atoms with Crippen molar-refractivity contribution in [2.75, 3.05) is 42.9 Å². The molecule has 8 heteroatoms. The molecule has 28 heavy (non-hydrogen) atoms. The first kappa shape index (κ1) is 19.8. The van der Waals surface area contributed by atoms with Crippen LogP contribution in [0.3, 0.4) is 0 Å². The van der Waals surface area contributed by atoms with Crippen LogP contribution in [0, 0.1) is 15.9 Å². The SMILES string of the molecule is O=C(CCN1CCCN(c2ccc(F)cc2)CC1)Nc1cccc([N+](=O)[O-])c1. The third-order valence-corrected chi connectivity index (χ3v) is 4.78. The molecule has 2 aromatic carbocycles. The number of hydrogen-bond donors (Lipinski definition) is 1. The summed E-state index contributed by atoms with van der Waals surface area (Å²) in [6, 6.07) is 12.4. The van der Waals surface area contributed by atoms with Crippen molar-refractivity contribution < 1.29 is 14.1 Å². The molecule has 3 rings (SSSR count). The number of halogens is 1. The molecule has 0 aliphatic carbocycles. The van der Waals surface area contributed by atoms with Gasteiger partial charge in [0.05, 0.1) is 4.92 Å². The summed E-state index contributed by atoms with van der Waals surface area (Å²) in [6.45, 7) is 4.04. The number of non-ortho nitro benzene ring substituents is 1. The number of anilines is 2. The molecule has 1 heterocycles. The number of benzene rings is 2. The molecule has 1 fully saturated rings. The zero-order valence-electron chi connectivity index (χ0n) is 15.5. The van der Waals surface area contributed by atoms with E-state index >= 15 is 0 Å². The van der Waals surface area contributed by atoms with E-state index in [9.17, 15) is 19.3 Å². The highest BCUT2D eigenvalue weighted by atomic mass is 19.1. The molecule has 0 bridgehead atoms. The van der Waals surface area contributed by atoms with Crippen molar-refractivity contribution in [3.63, 3.8) is 0 Å². The van der Waals surface area contributed by atoms with Gasteiger partial charge in [-0.3, -0.25) is 14.9 Å². The van der Waals surface area contributed by atoms with Gasteiger partial charge in [0.25, 0.3) is 5.69 Å². The molecular formula is C20H23FN4O3. The molecule has 1 saturated heterocycles. The Hall–Kier alpha value is -3.00. The van der Waals surface area contributed by atoms with Gasteiger partial charge in [-0.25, -0.2) is 4.39 Å². The minimum atomic E-state index is -0.486. The third-order valence-electron chi connectivity index (χ3n) is 4.78. The molecule has 0 atom stereocenters. The van der Waals surface area contributed by atoms with E-state index in [1.54, 1.807) is 24.3 Å². The number of nitro benzene ring substituents is 1. The van der Waals surface area contributed by atoms with Crippen LogP contribution >= 0.6 is 0 Å². The lowest BCUT2D eigenvalue weighted by molar-refractivity contribution is -0.384. The number of nitrogens with one attached hydrogen (secondary N) is 1. The van der Waals surface area contributed by atoms with Crippen LogP contribution in [0.4, 0.5) is 21.5 Å². The number of carbonyl (C=O) groups excluding carboxylic acids is 1. The van der Waals surface area contributed by atoms with Crippen LogP contribution in [0.25, 0.3) is 0 Å². The normalized spacial score (nSPS) is 15.1. The van der Waals surface area contributed by atoms with Crippen LogP contribution in [-0.4, -0.2) is 48.5 Å². The summed E-state index contributed by atoms with van der Waals surface area (Å²) in [4.78, 5) is 27.0. The van der Waals surface area contributed by atoms with Gasteiger partial charge < -0.3 is 15.1 Å². The first-order valence-corrected chi connectivity index (χ1v) is 9.28. The van der Waals surface area contributed by atoms with Crippen LogP contribution in [0.5, 0.6) is 0 Å². The van der Waals surface area contributed by atoms with Crippen molar-refractivity contribution in [3.05, 3.63) is 64.5 Å². The van der Waals surface area contributed by atoms with Crippen molar-refractivity contribution in [1.82, 2.24) is 4.90 Å². The summed E-state index contributed by atoms with van der Waals surface area (Å²) in [7, 11) is 0. The Morgan fingerprint density at radius 2 is 1.89 bits per heavy atom. The predicted octanol–water partition coefficient (Wildman–Crippen LogP) is 3.27. The summed E-state index contributed by atoms with van der Waals surface area (Å²) in [5.41, 5.74) is 1.38. The summed E-state index contributed by atoms with van der Waals surface area (Å²) >= 11 is 0. The Bertz CT molecular complexity index is 828. The van der Waals surface area contributed by atoms with Crippen LogP contribution in [0.2, 0.25) is 0 Å². The number of amides is 1. The fourth-order valence-corrected chi connectivity index (χ4v) is 3.29. The molecule has 1 N–H and O–H groups in total. The van der Waals surface area contributed by atoms with Gasteiger partial charge >= 0.3 is 0 Å². The van der Waals surface area contributed by atoms with Crippen molar-refractivity contribution in [1.29, 1.82) is 0 Å². The monoisotopic (exact) mass is 386 g/mol. The van der Waals surface area contributed by atoms with Crippen LogP contribution in [-0.2, 0) is 4.79 Å². The van der Waals surface area contributed by atoms with Crippen molar-refractivity contribution in [2.24, 2.45) is 0 Å². The number of hydrogen-bond acceptors (Lipinski definition) is 5. The first-order valence-electron chi connectivity index (χ1n) is 9.28. The summed E-state index contributed by atoms with van der Waals surface area (Å²) in [5, 5.41) is 13.5. The van der Waals surface area contributed by atoms with E-state index in [4.69, 9.17) is 0 Å². The summed E-state index contributed by atoms with van der Waals surface area (Å²) in [6.07, 6.45) is 1.28. The number of nitro groups is 1. The maximum atomic E-state index is 13.1. The van der Waals surface area contributed by atoms with Gasteiger partial charge in [-0.2, -0.15) is 0 Å². The number of carbonyl (C=O) groups is 1. The molecule has 1 aliphatic rings. The van der Waals surface area contributed by atoms with E-state index < -0.39 is 4.92 Å². The molecule has 7 nitrogen and oxygen atoms in total. The molecule has 0 saturated carbocycles. The Morgan fingerprint density at radius 1 is 1.11 bits per heavy atom. The second-order valence-electron chi connectivity index (χ2n) is 6.76. The molecule has 0 unspecified atom stereocenters. The number of nitrogens with zero attached hydrogens (tertiary/aromatic N) is 3. The second-order valence-corrected chi connectivity index (χ2v) is 6.76. The zero-order chi connectivity index (χ0) is 19.9. The van der Waals surface area contributed by atoms with E-state index in [2.05, 4.69) is 15.1 Å². The molecule has 0 radical (unpaired) electrons. The zero-order valence-corrected chi connectivity index (χ0v) is 15.5. The maximum absolute atomic E-state index is 13.1. The van der Waals surface area contributed by atoms with Gasteiger partial charge in [0.2, 0.25) is 5.91 Å². The van der Waals surface area contributed by atoms with Gasteiger partial charge in [0.15, 0.2) is 0 Å². The highest BCUT2D eigenvalue weighted by Gasteiger charge is 2.16. The molecule has 1 amide bonds. The average molecular weight is 386 g/mol. The highest BCUT2D eigenvalue weighted by Crippen LogP contribution is 2.18. The Balaban J connectivity index is 1.47. The second kappa shape index (κ2) is 9.27. The summed E-state index contributed by atoms with van der Waals surface area (Å²) in [5.74, 6) is -0.407. The van der Waals surface area contributed by atoms with Crippen molar-refractivity contribution >= 4 is 23.0 Å². The van der Waals surface area contributed by atoms with E-state index in [0.717, 1.165) is 38.3 Å². The Kier molecular flexibility index (Phi) is 6.54. The Morgan fingerprint density at radius 3 is 2.64 bits per heavy atom. The standard InChI is InChI=1S/C20H23FN4O3/c21-16-5-7-18(8-6-16)24-11-2-10-23(13-14-24)12-9-20(26)22-17-3-1-4-19(15-17)25(27)28/h1,3-8,15H,2,9-14H2,(H,22,26). The van der Waals surface area contributed by atoms with Crippen molar-refractivity contribution in [2.45, 2.75) is 12.8 Å². The van der Waals surface area contributed by atoms with Crippen molar-refractivity contribution in [3.8, 4) is 0 Å². The molecule has 0 aromatic heterocycles. The van der Waals surface area contributed by atoms with Gasteiger partial charge in [0.1, 0.15) is 5.82 Å². The van der Waals surface area contributed by atoms with Gasteiger partial charge in [0, 0.05) is 56.1 Å². The highest BCUT2D eigenvalue weighted by molar-refractivity contribution is 5.91. The molecule has 2 aromatic rings. The lowest BCUT2D eigenvalue weighted by Crippen LogP contribution is -2.32.